The van der Waals surface area contributed by atoms with E-state index in [4.69, 9.17) is 0 Å². The average molecular weight is 497 g/mol. The lowest BCUT2D eigenvalue weighted by atomic mass is 10.2. The van der Waals surface area contributed by atoms with Crippen LogP contribution < -0.4 is 21.2 Å². The molecule has 0 saturated heterocycles. The van der Waals surface area contributed by atoms with Crippen molar-refractivity contribution in [1.29, 1.82) is 0 Å². The van der Waals surface area contributed by atoms with Crippen molar-refractivity contribution < 1.29 is 0 Å². The lowest BCUT2D eigenvalue weighted by Crippen LogP contribution is -2.20. The van der Waals surface area contributed by atoms with Gasteiger partial charge in [-0.3, -0.25) is 0 Å². The van der Waals surface area contributed by atoms with Crippen LogP contribution in [-0.2, 0) is 25.7 Å². The van der Waals surface area contributed by atoms with Crippen molar-refractivity contribution in [3.05, 3.63) is 119 Å². The van der Waals surface area contributed by atoms with Crippen molar-refractivity contribution in [3.8, 4) is 0 Å². The smallest absolute Gasteiger partial charge is 0.00405 e. The highest BCUT2D eigenvalue weighted by atomic mass is 31.2. The van der Waals surface area contributed by atoms with Gasteiger partial charge in [0.15, 0.2) is 0 Å². The van der Waals surface area contributed by atoms with E-state index in [1.54, 1.807) is 0 Å². The fourth-order valence-corrected chi connectivity index (χ4v) is 10.8. The van der Waals surface area contributed by atoms with Crippen LogP contribution in [0.5, 0.6) is 0 Å². The Labute approximate surface area is 215 Å². The third kappa shape index (κ3) is 6.50. The standard InChI is InChI=1S/C33H38P2/c1-5-26-9-17-30(18-10-26)34(31-19-11-27(6-2)12-20-31)25-35(32-21-13-28(7-3)14-22-32)33-23-15-29(8-4)16-24-33/h9-24H,5-8,25H2,1-4H3. The van der Waals surface area contributed by atoms with E-state index in [0.717, 1.165) is 25.7 Å². The lowest BCUT2D eigenvalue weighted by Gasteiger charge is -2.27. The molecule has 4 aromatic rings. The molecule has 0 fully saturated rings. The summed E-state index contributed by atoms with van der Waals surface area (Å²) in [6, 6.07) is 37.8. The van der Waals surface area contributed by atoms with Crippen molar-refractivity contribution in [2.45, 2.75) is 53.4 Å². The van der Waals surface area contributed by atoms with Gasteiger partial charge in [0.05, 0.1) is 0 Å². The van der Waals surface area contributed by atoms with Gasteiger partial charge < -0.3 is 0 Å². The predicted octanol–water partition coefficient (Wildman–Crippen LogP) is 7.46. The molecule has 0 aliphatic heterocycles. The molecule has 0 aliphatic carbocycles. The summed E-state index contributed by atoms with van der Waals surface area (Å²) in [5.41, 5.74) is 5.66. The highest BCUT2D eigenvalue weighted by Crippen LogP contribution is 2.48. The van der Waals surface area contributed by atoms with E-state index >= 15 is 0 Å². The molecule has 4 rings (SSSR count). The van der Waals surface area contributed by atoms with Gasteiger partial charge in [0, 0.05) is 5.90 Å². The first-order valence-electron chi connectivity index (χ1n) is 13.1. The molecular weight excluding hydrogens is 458 g/mol. The Balaban J connectivity index is 1.77. The van der Waals surface area contributed by atoms with Crippen molar-refractivity contribution in [1.82, 2.24) is 0 Å². The number of hydrogen-bond acceptors (Lipinski definition) is 0. The van der Waals surface area contributed by atoms with Gasteiger partial charge in [0.2, 0.25) is 0 Å². The molecule has 35 heavy (non-hydrogen) atoms. The molecule has 0 aliphatic rings. The minimum Gasteiger partial charge on any atom is -0.0613 e. The summed E-state index contributed by atoms with van der Waals surface area (Å²) >= 11 is 0. The zero-order valence-corrected chi connectivity index (χ0v) is 23.5. The van der Waals surface area contributed by atoms with Crippen LogP contribution in [-0.4, -0.2) is 5.90 Å². The van der Waals surface area contributed by atoms with E-state index < -0.39 is 15.8 Å². The maximum atomic E-state index is 2.39. The van der Waals surface area contributed by atoms with Crippen LogP contribution in [0.3, 0.4) is 0 Å². The van der Waals surface area contributed by atoms with Gasteiger partial charge in [0.1, 0.15) is 0 Å². The minimum absolute atomic E-state index is 0.466. The van der Waals surface area contributed by atoms with Crippen LogP contribution in [0.1, 0.15) is 49.9 Å². The minimum atomic E-state index is -0.466. The van der Waals surface area contributed by atoms with Crippen LogP contribution in [0, 0.1) is 0 Å². The van der Waals surface area contributed by atoms with Crippen LogP contribution in [0.2, 0.25) is 0 Å². The molecule has 0 unspecified atom stereocenters. The molecule has 0 nitrogen and oxygen atoms in total. The first-order valence-corrected chi connectivity index (χ1v) is 16.1. The molecule has 2 heteroatoms. The van der Waals surface area contributed by atoms with Crippen LogP contribution in [0.25, 0.3) is 0 Å². The Morgan fingerprint density at radius 1 is 0.343 bits per heavy atom. The zero-order chi connectivity index (χ0) is 24.6. The fourth-order valence-electron chi connectivity index (χ4n) is 4.41. The average Bonchev–Trinajstić information content (AvgIpc) is 2.94. The van der Waals surface area contributed by atoms with E-state index in [-0.39, 0.29) is 0 Å². The lowest BCUT2D eigenvalue weighted by molar-refractivity contribution is 1.14. The van der Waals surface area contributed by atoms with E-state index in [1.165, 1.54) is 49.4 Å². The summed E-state index contributed by atoms with van der Waals surface area (Å²) in [5.74, 6) is 1.18. The van der Waals surface area contributed by atoms with E-state index in [9.17, 15) is 0 Å². The molecule has 0 radical (unpaired) electrons. The van der Waals surface area contributed by atoms with Crippen molar-refractivity contribution in [3.63, 3.8) is 0 Å². The number of aryl methyl sites for hydroxylation is 4. The quantitative estimate of drug-likeness (QED) is 0.200. The maximum absolute atomic E-state index is 2.39. The summed E-state index contributed by atoms with van der Waals surface area (Å²) in [6.07, 6.45) is 4.35. The van der Waals surface area contributed by atoms with Crippen molar-refractivity contribution in [2.24, 2.45) is 0 Å². The van der Waals surface area contributed by atoms with E-state index in [1.807, 2.05) is 0 Å². The molecule has 0 aromatic heterocycles. The van der Waals surface area contributed by atoms with Gasteiger partial charge in [-0.1, -0.05) is 125 Å². The Morgan fingerprint density at radius 3 is 0.714 bits per heavy atom. The molecule has 0 N–H and O–H groups in total. The molecule has 0 bridgehead atoms. The van der Waals surface area contributed by atoms with E-state index in [2.05, 4.69) is 125 Å². The first kappa shape index (κ1) is 25.8. The summed E-state index contributed by atoms with van der Waals surface area (Å²) in [7, 11) is -0.932. The number of hydrogen-bond donors (Lipinski definition) is 0. The van der Waals surface area contributed by atoms with Crippen LogP contribution >= 0.6 is 15.8 Å². The van der Waals surface area contributed by atoms with Gasteiger partial charge in [0.25, 0.3) is 0 Å². The molecule has 180 valence electrons. The molecule has 0 heterocycles. The van der Waals surface area contributed by atoms with Crippen LogP contribution in [0.15, 0.2) is 97.1 Å². The zero-order valence-electron chi connectivity index (χ0n) is 21.7. The van der Waals surface area contributed by atoms with Crippen molar-refractivity contribution >= 4 is 37.1 Å². The second-order valence-corrected chi connectivity index (χ2v) is 14.0. The molecule has 0 atom stereocenters. The summed E-state index contributed by atoms with van der Waals surface area (Å²) in [6.45, 7) is 8.95. The monoisotopic (exact) mass is 496 g/mol. The van der Waals surface area contributed by atoms with Crippen LogP contribution in [0.4, 0.5) is 0 Å². The topological polar surface area (TPSA) is 0 Å². The Hall–Kier alpha value is -2.26. The molecular formula is C33H38P2. The Morgan fingerprint density at radius 2 is 0.543 bits per heavy atom. The summed E-state index contributed by atoms with van der Waals surface area (Å²) in [4.78, 5) is 0. The maximum Gasteiger partial charge on any atom is 0.00405 e. The Kier molecular flexibility index (Phi) is 9.31. The molecule has 4 aromatic carbocycles. The highest BCUT2D eigenvalue weighted by molar-refractivity contribution is 7.88. The van der Waals surface area contributed by atoms with Gasteiger partial charge in [-0.2, -0.15) is 0 Å². The SMILES string of the molecule is CCc1ccc(P(CP(c2ccc(CC)cc2)c2ccc(CC)cc2)c2ccc(CC)cc2)cc1. The third-order valence-electron chi connectivity index (χ3n) is 6.91. The number of rotatable bonds is 10. The highest BCUT2D eigenvalue weighted by Gasteiger charge is 2.22. The third-order valence-corrected chi connectivity index (χ3v) is 12.9. The molecule has 0 spiro atoms. The van der Waals surface area contributed by atoms with Gasteiger partial charge >= 0.3 is 0 Å². The van der Waals surface area contributed by atoms with E-state index in [0.29, 0.717) is 0 Å². The van der Waals surface area contributed by atoms with Gasteiger partial charge in [-0.15, -0.1) is 0 Å². The Bertz CT molecular complexity index is 982. The second-order valence-electron chi connectivity index (χ2n) is 9.08. The first-order chi connectivity index (χ1) is 17.1. The van der Waals surface area contributed by atoms with Gasteiger partial charge in [-0.05, 0) is 85.0 Å². The second kappa shape index (κ2) is 12.6. The fraction of sp³-hybridized carbons (Fsp3) is 0.273. The largest absolute Gasteiger partial charge is 0.0613 e. The predicted molar refractivity (Wildman–Crippen MR) is 161 cm³/mol. The number of benzene rings is 4. The summed E-state index contributed by atoms with van der Waals surface area (Å²) < 4.78 is 0. The van der Waals surface area contributed by atoms with Crippen molar-refractivity contribution in [2.75, 3.05) is 5.90 Å². The normalized spacial score (nSPS) is 11.4. The molecule has 0 saturated carbocycles. The molecule has 0 amide bonds. The van der Waals surface area contributed by atoms with Gasteiger partial charge in [-0.25, -0.2) is 0 Å². The summed E-state index contributed by atoms with van der Waals surface area (Å²) in [5, 5.41) is 5.96.